The lowest BCUT2D eigenvalue weighted by atomic mass is 9.91. The van der Waals surface area contributed by atoms with Crippen LogP contribution in [0.15, 0.2) is 67.0 Å². The number of likely N-dealkylation sites (tertiary alicyclic amines) is 1. The molecule has 2 aromatic carbocycles. The van der Waals surface area contributed by atoms with E-state index in [1.54, 1.807) is 30.3 Å². The van der Waals surface area contributed by atoms with E-state index in [0.717, 1.165) is 12.1 Å². The molecule has 3 aromatic rings. The molecule has 0 spiro atoms. The van der Waals surface area contributed by atoms with Gasteiger partial charge in [0.15, 0.2) is 0 Å². The number of hydrogen-bond acceptors (Lipinski definition) is 6. The number of amides is 2. The van der Waals surface area contributed by atoms with Gasteiger partial charge in [-0.2, -0.15) is 26.3 Å². The van der Waals surface area contributed by atoms with Gasteiger partial charge in [0.2, 0.25) is 5.95 Å². The summed E-state index contributed by atoms with van der Waals surface area (Å²) in [4.78, 5) is 21.9. The number of halogens is 6. The molecule has 1 saturated heterocycles. The third-order valence-electron chi connectivity index (χ3n) is 6.34. The van der Waals surface area contributed by atoms with Crippen molar-refractivity contribution in [1.29, 1.82) is 0 Å². The maximum absolute atomic E-state index is 13.1. The van der Waals surface area contributed by atoms with E-state index in [4.69, 9.17) is 4.74 Å². The van der Waals surface area contributed by atoms with Gasteiger partial charge in [-0.25, -0.2) is 14.8 Å². The first-order valence-corrected chi connectivity index (χ1v) is 12.1. The number of urea groups is 1. The molecule has 2 heterocycles. The highest BCUT2D eigenvalue weighted by Gasteiger charge is 2.71. The highest BCUT2D eigenvalue weighted by Crippen LogP contribution is 2.50. The molecule has 0 bridgehead atoms. The lowest BCUT2D eigenvalue weighted by Crippen LogP contribution is -2.53. The maximum Gasteiger partial charge on any atom is 0.430 e. The fourth-order valence-corrected chi connectivity index (χ4v) is 4.22. The second kappa shape index (κ2) is 11.7. The van der Waals surface area contributed by atoms with E-state index >= 15 is 0 Å². The Kier molecular flexibility index (Phi) is 8.49. The summed E-state index contributed by atoms with van der Waals surface area (Å²) in [7, 11) is 0. The molecule has 3 N–H and O–H groups in total. The Morgan fingerprint density at radius 2 is 1.48 bits per heavy atom. The van der Waals surface area contributed by atoms with E-state index < -0.39 is 29.5 Å². The van der Waals surface area contributed by atoms with Crippen molar-refractivity contribution < 1.29 is 41.0 Å². The van der Waals surface area contributed by atoms with E-state index in [0.29, 0.717) is 61.6 Å². The third kappa shape index (κ3) is 6.80. The van der Waals surface area contributed by atoms with E-state index in [1.807, 2.05) is 4.90 Å². The number of nitrogens with zero attached hydrogens (tertiary/aromatic N) is 3. The molecule has 0 saturated carbocycles. The average Bonchev–Trinajstić information content (AvgIpc) is 2.90. The topological polar surface area (TPSA) is 99.6 Å². The normalized spacial score (nSPS) is 15.5. The van der Waals surface area contributed by atoms with Gasteiger partial charge in [0.05, 0.1) is 0 Å². The first-order chi connectivity index (χ1) is 18.8. The first-order valence-electron chi connectivity index (χ1n) is 12.1. The van der Waals surface area contributed by atoms with Crippen molar-refractivity contribution in [3.63, 3.8) is 0 Å². The van der Waals surface area contributed by atoms with Gasteiger partial charge in [-0.3, -0.25) is 10.2 Å². The Labute approximate surface area is 225 Å². The Morgan fingerprint density at radius 1 is 0.900 bits per heavy atom. The van der Waals surface area contributed by atoms with Crippen LogP contribution in [0.25, 0.3) is 0 Å². The van der Waals surface area contributed by atoms with Crippen molar-refractivity contribution in [2.45, 2.75) is 43.4 Å². The van der Waals surface area contributed by atoms with Gasteiger partial charge in [0, 0.05) is 43.3 Å². The second-order valence-electron chi connectivity index (χ2n) is 9.17. The summed E-state index contributed by atoms with van der Waals surface area (Å²) in [6.07, 6.45) is -7.63. The minimum absolute atomic E-state index is 0.0930. The lowest BCUT2D eigenvalue weighted by molar-refractivity contribution is -0.376. The number of ether oxygens (including phenoxy) is 1. The van der Waals surface area contributed by atoms with Crippen molar-refractivity contribution in [3.05, 3.63) is 78.1 Å². The molecule has 0 radical (unpaired) electrons. The highest BCUT2D eigenvalue weighted by molar-refractivity contribution is 5.98. The van der Waals surface area contributed by atoms with Crippen LogP contribution >= 0.6 is 0 Å². The number of alkyl halides is 6. The molecular weight excluding hydrogens is 544 g/mol. The van der Waals surface area contributed by atoms with Crippen molar-refractivity contribution in [3.8, 4) is 5.75 Å². The summed E-state index contributed by atoms with van der Waals surface area (Å²) in [5, 5.41) is 14.7. The molecule has 2 amide bonds. The van der Waals surface area contributed by atoms with Crippen molar-refractivity contribution in [1.82, 2.24) is 14.9 Å². The number of aliphatic hydroxyl groups is 1. The number of hydrogen-bond donors (Lipinski definition) is 3. The van der Waals surface area contributed by atoms with Gasteiger partial charge < -0.3 is 15.2 Å². The Balaban J connectivity index is 1.25. The SMILES string of the molecule is O=C(Nc1ccc(OC2CCN(Cc3ccc(C(O)(C(F)(F)F)C(F)(F)F)cc3)CC2)cc1)Nc1ncccn1. The zero-order chi connectivity index (χ0) is 29.0. The Morgan fingerprint density at radius 3 is 2.02 bits per heavy atom. The summed E-state index contributed by atoms with van der Waals surface area (Å²) >= 11 is 0. The quantitative estimate of drug-likeness (QED) is 0.326. The van der Waals surface area contributed by atoms with Crippen LogP contribution in [-0.2, 0) is 12.1 Å². The van der Waals surface area contributed by atoms with Gasteiger partial charge in [-0.05, 0) is 48.7 Å². The predicted molar refractivity (Wildman–Crippen MR) is 132 cm³/mol. The maximum atomic E-state index is 13.1. The van der Waals surface area contributed by atoms with Gasteiger partial charge >= 0.3 is 18.4 Å². The minimum Gasteiger partial charge on any atom is -0.490 e. The van der Waals surface area contributed by atoms with Gasteiger partial charge in [0.1, 0.15) is 11.9 Å². The Hall–Kier alpha value is -3.91. The number of benzene rings is 2. The smallest absolute Gasteiger partial charge is 0.430 e. The molecule has 0 atom stereocenters. The second-order valence-corrected chi connectivity index (χ2v) is 9.17. The summed E-state index contributed by atoms with van der Waals surface area (Å²) in [5.41, 5.74) is -5.17. The van der Waals surface area contributed by atoms with E-state index in [2.05, 4.69) is 20.6 Å². The van der Waals surface area contributed by atoms with Crippen LogP contribution in [-0.4, -0.2) is 57.6 Å². The van der Waals surface area contributed by atoms with Gasteiger partial charge in [-0.15, -0.1) is 0 Å². The molecule has 8 nitrogen and oxygen atoms in total. The highest BCUT2D eigenvalue weighted by atomic mass is 19.4. The number of nitrogens with one attached hydrogen (secondary N) is 2. The molecule has 1 fully saturated rings. The number of carbonyl (C=O) groups excluding carboxylic acids is 1. The molecule has 0 aliphatic carbocycles. The minimum atomic E-state index is -5.92. The average molecular weight is 570 g/mol. The summed E-state index contributed by atoms with van der Waals surface area (Å²) in [6.45, 7) is 1.52. The molecule has 14 heteroatoms. The molecule has 0 unspecified atom stereocenters. The van der Waals surface area contributed by atoms with Gasteiger partial charge in [0.25, 0.3) is 5.60 Å². The number of carbonyl (C=O) groups is 1. The van der Waals surface area contributed by atoms with Crippen LogP contribution in [0.4, 0.5) is 42.8 Å². The monoisotopic (exact) mass is 569 g/mol. The van der Waals surface area contributed by atoms with E-state index in [9.17, 15) is 36.2 Å². The number of aromatic nitrogens is 2. The van der Waals surface area contributed by atoms with Crippen molar-refractivity contribution >= 4 is 17.7 Å². The fraction of sp³-hybridized carbons (Fsp3) is 0.346. The lowest BCUT2D eigenvalue weighted by Gasteiger charge is -2.33. The molecular formula is C26H25F6N5O3. The van der Waals surface area contributed by atoms with Crippen LogP contribution in [0.2, 0.25) is 0 Å². The summed E-state index contributed by atoms with van der Waals surface area (Å²) in [6, 6.07) is 11.5. The molecule has 1 aliphatic rings. The molecule has 4 rings (SSSR count). The van der Waals surface area contributed by atoms with E-state index in [1.165, 1.54) is 12.4 Å². The largest absolute Gasteiger partial charge is 0.490 e. The number of anilines is 2. The van der Waals surface area contributed by atoms with Crippen LogP contribution in [0.5, 0.6) is 5.75 Å². The third-order valence-corrected chi connectivity index (χ3v) is 6.34. The Bertz CT molecular complexity index is 1250. The summed E-state index contributed by atoms with van der Waals surface area (Å²) < 4.78 is 84.5. The molecule has 214 valence electrons. The molecule has 40 heavy (non-hydrogen) atoms. The first kappa shape index (κ1) is 29.1. The van der Waals surface area contributed by atoms with Crippen molar-refractivity contribution in [2.75, 3.05) is 23.7 Å². The molecule has 1 aliphatic heterocycles. The number of piperidine rings is 1. The van der Waals surface area contributed by atoms with Gasteiger partial charge in [-0.1, -0.05) is 24.3 Å². The fourth-order valence-electron chi connectivity index (χ4n) is 4.22. The predicted octanol–water partition coefficient (Wildman–Crippen LogP) is 5.48. The van der Waals surface area contributed by atoms with Crippen LogP contribution < -0.4 is 15.4 Å². The van der Waals surface area contributed by atoms with Crippen LogP contribution in [0.3, 0.4) is 0 Å². The number of rotatable bonds is 7. The van der Waals surface area contributed by atoms with E-state index in [-0.39, 0.29) is 12.1 Å². The van der Waals surface area contributed by atoms with Crippen LogP contribution in [0.1, 0.15) is 24.0 Å². The molecule has 1 aromatic heterocycles. The summed E-state index contributed by atoms with van der Waals surface area (Å²) in [5.74, 6) is 0.770. The van der Waals surface area contributed by atoms with Crippen LogP contribution in [0, 0.1) is 0 Å². The zero-order valence-corrected chi connectivity index (χ0v) is 20.8. The standard InChI is InChI=1S/C26H25F6N5O3/c27-25(28,29)24(39,26(30,31)32)18-4-2-17(3-5-18)16-37-14-10-21(11-15-37)40-20-8-6-19(7-9-20)35-23(38)36-22-33-12-1-13-34-22/h1-9,12-13,21,39H,10-11,14-16H2,(H2,33,34,35,36,38). The van der Waals surface area contributed by atoms with Crippen molar-refractivity contribution in [2.24, 2.45) is 0 Å². The zero-order valence-electron chi connectivity index (χ0n) is 20.8.